The first-order valence-electron chi connectivity index (χ1n) is 8.66. The van der Waals surface area contributed by atoms with Gasteiger partial charge < -0.3 is 9.84 Å². The van der Waals surface area contributed by atoms with E-state index in [4.69, 9.17) is 4.52 Å². The van der Waals surface area contributed by atoms with Crippen LogP contribution in [0.3, 0.4) is 0 Å². The fourth-order valence-electron chi connectivity index (χ4n) is 2.80. The lowest BCUT2D eigenvalue weighted by Crippen LogP contribution is -2.02. The smallest absolute Gasteiger partial charge is 0.293 e. The zero-order valence-electron chi connectivity index (χ0n) is 14.8. The topological polar surface area (TPSA) is 94.1 Å². The van der Waals surface area contributed by atoms with Gasteiger partial charge in [0.25, 0.3) is 11.6 Å². The van der Waals surface area contributed by atoms with E-state index in [1.807, 2.05) is 60.7 Å². The second-order valence-corrected chi connectivity index (χ2v) is 6.12. The molecule has 0 unspecified atom stereocenters. The Balaban J connectivity index is 1.60. The van der Waals surface area contributed by atoms with E-state index in [0.717, 1.165) is 11.1 Å². The highest BCUT2D eigenvalue weighted by atomic mass is 16.6. The first kappa shape index (κ1) is 17.4. The van der Waals surface area contributed by atoms with Crippen molar-refractivity contribution in [1.29, 1.82) is 0 Å². The number of nitro groups is 1. The van der Waals surface area contributed by atoms with Gasteiger partial charge in [0.2, 0.25) is 5.82 Å². The summed E-state index contributed by atoms with van der Waals surface area (Å²) in [7, 11) is 0. The lowest BCUT2D eigenvalue weighted by molar-refractivity contribution is -0.383. The van der Waals surface area contributed by atoms with Crippen molar-refractivity contribution >= 4 is 11.4 Å². The van der Waals surface area contributed by atoms with Gasteiger partial charge in [-0.05, 0) is 17.7 Å². The summed E-state index contributed by atoms with van der Waals surface area (Å²) in [5.41, 5.74) is 2.72. The summed E-state index contributed by atoms with van der Waals surface area (Å²) in [6.07, 6.45) is 0. The average Bonchev–Trinajstić information content (AvgIpc) is 3.24. The van der Waals surface area contributed by atoms with Crippen molar-refractivity contribution in [3.63, 3.8) is 0 Å². The SMILES string of the molecule is O=[N+]([O-])c1cc(-c2nc(-c3ccccc3)no2)ccc1NCc1ccccc1. The zero-order valence-corrected chi connectivity index (χ0v) is 14.8. The van der Waals surface area contributed by atoms with E-state index in [1.165, 1.54) is 6.07 Å². The molecule has 0 aliphatic rings. The Morgan fingerprint density at radius 2 is 1.64 bits per heavy atom. The number of aromatic nitrogens is 2. The summed E-state index contributed by atoms with van der Waals surface area (Å²) in [5, 5.41) is 18.6. The van der Waals surface area contributed by atoms with E-state index in [1.54, 1.807) is 12.1 Å². The molecule has 28 heavy (non-hydrogen) atoms. The molecule has 0 saturated carbocycles. The highest BCUT2D eigenvalue weighted by molar-refractivity contribution is 5.70. The molecular weight excluding hydrogens is 356 g/mol. The standard InChI is InChI=1S/C21H16N4O3/c26-25(27)19-13-17(11-12-18(19)22-14-15-7-3-1-4-8-15)21-23-20(24-28-21)16-9-5-2-6-10-16/h1-13,22H,14H2. The van der Waals surface area contributed by atoms with Gasteiger partial charge in [-0.3, -0.25) is 10.1 Å². The molecule has 3 aromatic carbocycles. The quantitative estimate of drug-likeness (QED) is 0.381. The highest BCUT2D eigenvalue weighted by Gasteiger charge is 2.18. The first-order valence-corrected chi connectivity index (χ1v) is 8.66. The monoisotopic (exact) mass is 372 g/mol. The molecule has 0 atom stereocenters. The molecule has 0 aliphatic carbocycles. The van der Waals surface area contributed by atoms with Crippen LogP contribution in [0.25, 0.3) is 22.8 Å². The van der Waals surface area contributed by atoms with Crippen molar-refractivity contribution in [2.45, 2.75) is 6.54 Å². The molecule has 1 heterocycles. The number of hydrogen-bond donors (Lipinski definition) is 1. The summed E-state index contributed by atoms with van der Waals surface area (Å²) < 4.78 is 5.30. The zero-order chi connectivity index (χ0) is 19.3. The van der Waals surface area contributed by atoms with Gasteiger partial charge in [0.1, 0.15) is 5.69 Å². The summed E-state index contributed by atoms with van der Waals surface area (Å²) in [4.78, 5) is 15.5. The molecule has 0 aliphatic heterocycles. The molecule has 1 aromatic heterocycles. The molecule has 0 bridgehead atoms. The maximum atomic E-state index is 11.5. The molecule has 4 aromatic rings. The Morgan fingerprint density at radius 3 is 2.36 bits per heavy atom. The molecule has 0 amide bonds. The van der Waals surface area contributed by atoms with Gasteiger partial charge in [-0.15, -0.1) is 0 Å². The molecule has 7 nitrogen and oxygen atoms in total. The Morgan fingerprint density at radius 1 is 0.929 bits per heavy atom. The lowest BCUT2D eigenvalue weighted by atomic mass is 10.1. The van der Waals surface area contributed by atoms with Crippen LogP contribution in [0.15, 0.2) is 83.4 Å². The number of rotatable bonds is 6. The van der Waals surface area contributed by atoms with Crippen molar-refractivity contribution in [3.8, 4) is 22.8 Å². The second-order valence-electron chi connectivity index (χ2n) is 6.12. The van der Waals surface area contributed by atoms with Crippen LogP contribution in [0.5, 0.6) is 0 Å². The van der Waals surface area contributed by atoms with E-state index in [0.29, 0.717) is 23.6 Å². The van der Waals surface area contributed by atoms with Gasteiger partial charge in [0.15, 0.2) is 0 Å². The number of nitrogens with one attached hydrogen (secondary N) is 1. The lowest BCUT2D eigenvalue weighted by Gasteiger charge is -2.08. The molecule has 0 fully saturated rings. The second kappa shape index (κ2) is 7.71. The van der Waals surface area contributed by atoms with Crippen molar-refractivity contribution in [2.24, 2.45) is 0 Å². The third-order valence-electron chi connectivity index (χ3n) is 4.23. The number of anilines is 1. The molecule has 138 valence electrons. The third kappa shape index (κ3) is 3.73. The summed E-state index contributed by atoms with van der Waals surface area (Å²) in [5.74, 6) is 0.668. The largest absolute Gasteiger partial charge is 0.375 e. The summed E-state index contributed by atoms with van der Waals surface area (Å²) >= 11 is 0. The predicted molar refractivity (Wildman–Crippen MR) is 106 cm³/mol. The molecule has 0 radical (unpaired) electrons. The Bertz CT molecular complexity index is 1100. The molecule has 7 heteroatoms. The van der Waals surface area contributed by atoms with Crippen LogP contribution >= 0.6 is 0 Å². The summed E-state index contributed by atoms with van der Waals surface area (Å²) in [6.45, 7) is 0.486. The van der Waals surface area contributed by atoms with Crippen LogP contribution < -0.4 is 5.32 Å². The Labute approximate surface area is 160 Å². The minimum absolute atomic E-state index is 0.0482. The molecular formula is C21H16N4O3. The van der Waals surface area contributed by atoms with Crippen molar-refractivity contribution in [1.82, 2.24) is 10.1 Å². The van der Waals surface area contributed by atoms with Crippen LogP contribution in [-0.4, -0.2) is 15.1 Å². The van der Waals surface area contributed by atoms with E-state index in [2.05, 4.69) is 15.5 Å². The first-order chi connectivity index (χ1) is 13.7. The van der Waals surface area contributed by atoms with Crippen molar-refractivity contribution < 1.29 is 9.45 Å². The maximum Gasteiger partial charge on any atom is 0.293 e. The normalized spacial score (nSPS) is 10.6. The fraction of sp³-hybridized carbons (Fsp3) is 0.0476. The third-order valence-corrected chi connectivity index (χ3v) is 4.23. The highest BCUT2D eigenvalue weighted by Crippen LogP contribution is 2.31. The van der Waals surface area contributed by atoms with Gasteiger partial charge in [0.05, 0.1) is 4.92 Å². The maximum absolute atomic E-state index is 11.5. The molecule has 1 N–H and O–H groups in total. The van der Waals surface area contributed by atoms with Gasteiger partial charge in [-0.2, -0.15) is 4.98 Å². The van der Waals surface area contributed by atoms with Crippen molar-refractivity contribution in [3.05, 3.63) is 94.5 Å². The van der Waals surface area contributed by atoms with Gasteiger partial charge in [0, 0.05) is 23.7 Å². The van der Waals surface area contributed by atoms with E-state index >= 15 is 0 Å². The van der Waals surface area contributed by atoms with Crippen LogP contribution in [0.4, 0.5) is 11.4 Å². The minimum Gasteiger partial charge on any atom is -0.375 e. The molecule has 0 spiro atoms. The molecule has 4 rings (SSSR count). The predicted octanol–water partition coefficient (Wildman–Crippen LogP) is 4.92. The van der Waals surface area contributed by atoms with E-state index < -0.39 is 4.92 Å². The molecule has 0 saturated heterocycles. The number of hydrogen-bond acceptors (Lipinski definition) is 6. The fourth-order valence-corrected chi connectivity index (χ4v) is 2.80. The average molecular weight is 372 g/mol. The van der Waals surface area contributed by atoms with Crippen LogP contribution in [0, 0.1) is 10.1 Å². The van der Waals surface area contributed by atoms with Gasteiger partial charge in [-0.1, -0.05) is 65.8 Å². The van der Waals surface area contributed by atoms with Crippen molar-refractivity contribution in [2.75, 3.05) is 5.32 Å². The van der Waals surface area contributed by atoms with Crippen LogP contribution in [0.1, 0.15) is 5.56 Å². The number of benzene rings is 3. The van der Waals surface area contributed by atoms with Crippen LogP contribution in [0.2, 0.25) is 0 Å². The van der Waals surface area contributed by atoms with Crippen LogP contribution in [-0.2, 0) is 6.54 Å². The number of nitro benzene ring substituents is 1. The Kier molecular flexibility index (Phi) is 4.79. The van der Waals surface area contributed by atoms with Gasteiger partial charge in [-0.25, -0.2) is 0 Å². The van der Waals surface area contributed by atoms with E-state index in [-0.39, 0.29) is 11.6 Å². The Hall–Kier alpha value is -4.00. The number of nitrogens with zero attached hydrogens (tertiary/aromatic N) is 3. The van der Waals surface area contributed by atoms with Gasteiger partial charge >= 0.3 is 0 Å². The minimum atomic E-state index is -0.425. The summed E-state index contributed by atoms with van der Waals surface area (Å²) in [6, 6.07) is 23.9. The van der Waals surface area contributed by atoms with E-state index in [9.17, 15) is 10.1 Å².